The predicted octanol–water partition coefficient (Wildman–Crippen LogP) is 3.85. The zero-order valence-electron chi connectivity index (χ0n) is 13.7. The smallest absolute Gasteiger partial charge is 0.191 e. The second-order valence-electron chi connectivity index (χ2n) is 5.53. The van der Waals surface area contributed by atoms with Gasteiger partial charge in [-0.15, -0.1) is 10.2 Å². The molecule has 0 N–H and O–H groups in total. The van der Waals surface area contributed by atoms with Crippen LogP contribution >= 0.6 is 23.4 Å². The van der Waals surface area contributed by atoms with Crippen LogP contribution in [0.4, 0.5) is 0 Å². The SMILES string of the molecule is Cc1cc(C(=O)CSc2nncn2C)c(C)n1-c1ccc(Cl)cc1. The normalized spacial score (nSPS) is 11.0. The summed E-state index contributed by atoms with van der Waals surface area (Å²) in [6.07, 6.45) is 1.62. The first-order valence-electron chi connectivity index (χ1n) is 7.42. The summed E-state index contributed by atoms with van der Waals surface area (Å²) in [6.45, 7) is 3.95. The minimum absolute atomic E-state index is 0.0799. The molecule has 0 amide bonds. The van der Waals surface area contributed by atoms with Gasteiger partial charge in [0, 0.05) is 34.7 Å². The van der Waals surface area contributed by atoms with Crippen molar-refractivity contribution in [1.82, 2.24) is 19.3 Å². The third-order valence-corrected chi connectivity index (χ3v) is 5.10. The third kappa shape index (κ3) is 3.25. The largest absolute Gasteiger partial charge is 0.318 e. The summed E-state index contributed by atoms with van der Waals surface area (Å²) in [5.74, 6) is 0.411. The summed E-state index contributed by atoms with van der Waals surface area (Å²) < 4.78 is 3.87. The molecule has 0 bridgehead atoms. The van der Waals surface area contributed by atoms with Crippen LogP contribution in [-0.2, 0) is 7.05 Å². The molecule has 0 aliphatic carbocycles. The second-order valence-corrected chi connectivity index (χ2v) is 6.91. The minimum atomic E-state index is 0.0799. The van der Waals surface area contributed by atoms with Crippen LogP contribution in [0.5, 0.6) is 0 Å². The molecule has 0 saturated carbocycles. The van der Waals surface area contributed by atoms with E-state index in [0.29, 0.717) is 10.8 Å². The van der Waals surface area contributed by atoms with E-state index in [9.17, 15) is 4.79 Å². The second kappa shape index (κ2) is 6.83. The summed E-state index contributed by atoms with van der Waals surface area (Å²) in [4.78, 5) is 12.6. The molecular formula is C17H17ClN4OS. The molecule has 1 aromatic carbocycles. The van der Waals surface area contributed by atoms with Crippen LogP contribution < -0.4 is 0 Å². The maximum Gasteiger partial charge on any atom is 0.191 e. The van der Waals surface area contributed by atoms with Gasteiger partial charge in [-0.2, -0.15) is 0 Å². The van der Waals surface area contributed by atoms with Gasteiger partial charge in [0.1, 0.15) is 6.33 Å². The highest BCUT2D eigenvalue weighted by Gasteiger charge is 2.17. The average molecular weight is 361 g/mol. The first-order chi connectivity index (χ1) is 11.5. The molecular weight excluding hydrogens is 344 g/mol. The molecule has 124 valence electrons. The van der Waals surface area contributed by atoms with Crippen molar-refractivity contribution in [2.75, 3.05) is 5.75 Å². The Bertz CT molecular complexity index is 883. The summed E-state index contributed by atoms with van der Waals surface area (Å²) in [7, 11) is 1.86. The number of Topliss-reactive ketones (excluding diaryl/α,β-unsaturated/α-hetero) is 1. The van der Waals surface area contributed by atoms with Gasteiger partial charge in [0.2, 0.25) is 0 Å². The van der Waals surface area contributed by atoms with E-state index in [1.807, 2.05) is 51.2 Å². The van der Waals surface area contributed by atoms with Gasteiger partial charge >= 0.3 is 0 Å². The fourth-order valence-electron chi connectivity index (χ4n) is 2.64. The average Bonchev–Trinajstić information content (AvgIpc) is 3.09. The molecule has 2 heterocycles. The third-order valence-electron chi connectivity index (χ3n) is 3.82. The quantitative estimate of drug-likeness (QED) is 0.512. The molecule has 0 fully saturated rings. The number of carbonyl (C=O) groups is 1. The van der Waals surface area contributed by atoms with Crippen LogP contribution in [0.15, 0.2) is 41.8 Å². The number of halogens is 1. The van der Waals surface area contributed by atoms with E-state index in [0.717, 1.165) is 27.8 Å². The lowest BCUT2D eigenvalue weighted by Gasteiger charge is -2.10. The Balaban J connectivity index is 1.84. The Morgan fingerprint density at radius 1 is 1.25 bits per heavy atom. The van der Waals surface area contributed by atoms with Gasteiger partial charge in [0.15, 0.2) is 10.9 Å². The molecule has 2 aromatic heterocycles. The van der Waals surface area contributed by atoms with Crippen molar-refractivity contribution in [2.24, 2.45) is 7.05 Å². The molecule has 0 unspecified atom stereocenters. The van der Waals surface area contributed by atoms with E-state index in [1.54, 1.807) is 10.9 Å². The van der Waals surface area contributed by atoms with Gasteiger partial charge < -0.3 is 9.13 Å². The van der Waals surface area contributed by atoms with Crippen LogP contribution in [0.3, 0.4) is 0 Å². The fourth-order valence-corrected chi connectivity index (χ4v) is 3.54. The van der Waals surface area contributed by atoms with Crippen molar-refractivity contribution >= 4 is 29.1 Å². The highest BCUT2D eigenvalue weighted by atomic mass is 35.5. The minimum Gasteiger partial charge on any atom is -0.318 e. The molecule has 0 spiro atoms. The van der Waals surface area contributed by atoms with E-state index in [4.69, 9.17) is 11.6 Å². The number of hydrogen-bond donors (Lipinski definition) is 0. The van der Waals surface area contributed by atoms with Gasteiger partial charge in [-0.25, -0.2) is 0 Å². The van der Waals surface area contributed by atoms with Crippen LogP contribution in [0.2, 0.25) is 5.02 Å². The maximum atomic E-state index is 12.6. The number of nitrogens with zero attached hydrogens (tertiary/aromatic N) is 4. The van der Waals surface area contributed by atoms with Crippen LogP contribution in [0.1, 0.15) is 21.7 Å². The number of thioether (sulfide) groups is 1. The molecule has 0 aliphatic heterocycles. The summed E-state index contributed by atoms with van der Waals surface area (Å²) >= 11 is 7.35. The van der Waals surface area contributed by atoms with Crippen molar-refractivity contribution in [1.29, 1.82) is 0 Å². The molecule has 3 rings (SSSR count). The fraction of sp³-hybridized carbons (Fsp3) is 0.235. The zero-order chi connectivity index (χ0) is 17.3. The van der Waals surface area contributed by atoms with E-state index in [2.05, 4.69) is 14.8 Å². The standard InChI is InChI=1S/C17H17ClN4OS/c1-11-8-15(16(23)9-24-17-20-19-10-21(17)3)12(2)22(11)14-6-4-13(18)5-7-14/h4-8,10H,9H2,1-3H3. The zero-order valence-corrected chi connectivity index (χ0v) is 15.2. The molecule has 7 heteroatoms. The Labute approximate surface area is 149 Å². The number of ketones is 1. The topological polar surface area (TPSA) is 52.7 Å². The Morgan fingerprint density at radius 2 is 1.96 bits per heavy atom. The lowest BCUT2D eigenvalue weighted by Crippen LogP contribution is -2.06. The van der Waals surface area contributed by atoms with Crippen molar-refractivity contribution in [3.8, 4) is 5.69 Å². The van der Waals surface area contributed by atoms with Crippen molar-refractivity contribution in [3.05, 3.63) is 58.6 Å². The molecule has 0 atom stereocenters. The number of benzene rings is 1. The number of aryl methyl sites for hydroxylation is 2. The molecule has 3 aromatic rings. The summed E-state index contributed by atoms with van der Waals surface area (Å²) in [5, 5.41) is 9.23. The number of rotatable bonds is 5. The molecule has 0 radical (unpaired) electrons. The van der Waals surface area contributed by atoms with Crippen LogP contribution in [-0.4, -0.2) is 30.9 Å². The molecule has 5 nitrogen and oxygen atoms in total. The highest BCUT2D eigenvalue weighted by Crippen LogP contribution is 2.24. The lowest BCUT2D eigenvalue weighted by atomic mass is 10.2. The first-order valence-corrected chi connectivity index (χ1v) is 8.78. The first kappa shape index (κ1) is 16.8. The van der Waals surface area contributed by atoms with Gasteiger partial charge in [0.25, 0.3) is 0 Å². The Morgan fingerprint density at radius 3 is 2.58 bits per heavy atom. The number of aromatic nitrogens is 4. The van der Waals surface area contributed by atoms with E-state index in [1.165, 1.54) is 11.8 Å². The predicted molar refractivity (Wildman–Crippen MR) is 96.3 cm³/mol. The van der Waals surface area contributed by atoms with Crippen LogP contribution in [0.25, 0.3) is 5.69 Å². The van der Waals surface area contributed by atoms with Crippen molar-refractivity contribution in [2.45, 2.75) is 19.0 Å². The maximum absolute atomic E-state index is 12.6. The van der Waals surface area contributed by atoms with E-state index in [-0.39, 0.29) is 5.78 Å². The molecule has 0 aliphatic rings. The van der Waals surface area contributed by atoms with Crippen molar-refractivity contribution in [3.63, 3.8) is 0 Å². The van der Waals surface area contributed by atoms with Crippen LogP contribution in [0, 0.1) is 13.8 Å². The van der Waals surface area contributed by atoms with Gasteiger partial charge in [-0.05, 0) is 44.2 Å². The van der Waals surface area contributed by atoms with Gasteiger partial charge in [-0.1, -0.05) is 23.4 Å². The summed E-state index contributed by atoms with van der Waals surface area (Å²) in [5.41, 5.74) is 3.67. The summed E-state index contributed by atoms with van der Waals surface area (Å²) in [6, 6.07) is 9.53. The van der Waals surface area contributed by atoms with Gasteiger partial charge in [0.05, 0.1) is 5.75 Å². The number of carbonyl (C=O) groups excluding carboxylic acids is 1. The Kier molecular flexibility index (Phi) is 4.78. The Hall–Kier alpha value is -2.05. The van der Waals surface area contributed by atoms with Gasteiger partial charge in [-0.3, -0.25) is 4.79 Å². The van der Waals surface area contributed by atoms with E-state index < -0.39 is 0 Å². The monoisotopic (exact) mass is 360 g/mol. The highest BCUT2D eigenvalue weighted by molar-refractivity contribution is 7.99. The van der Waals surface area contributed by atoms with E-state index >= 15 is 0 Å². The molecule has 24 heavy (non-hydrogen) atoms. The lowest BCUT2D eigenvalue weighted by molar-refractivity contribution is 0.102. The van der Waals surface area contributed by atoms with Crippen molar-refractivity contribution < 1.29 is 4.79 Å². The number of hydrogen-bond acceptors (Lipinski definition) is 4. The molecule has 0 saturated heterocycles.